The van der Waals surface area contributed by atoms with Crippen LogP contribution in [0.25, 0.3) is 0 Å². The minimum atomic E-state index is -2.61. The van der Waals surface area contributed by atoms with Crippen LogP contribution in [-0.2, 0) is 60.5 Å². The third-order valence-electron chi connectivity index (χ3n) is 10.3. The van der Waals surface area contributed by atoms with E-state index in [1.165, 1.54) is 63.5 Å². The highest BCUT2D eigenvalue weighted by Crippen LogP contribution is 2.41. The van der Waals surface area contributed by atoms with Crippen molar-refractivity contribution in [3.05, 3.63) is 0 Å². The van der Waals surface area contributed by atoms with Crippen molar-refractivity contribution in [2.24, 2.45) is 17.8 Å². The summed E-state index contributed by atoms with van der Waals surface area (Å²) in [5.74, 6) is 7.04. The van der Waals surface area contributed by atoms with Crippen molar-refractivity contribution in [1.29, 1.82) is 0 Å². The van der Waals surface area contributed by atoms with Crippen molar-refractivity contribution in [1.82, 2.24) is 0 Å². The van der Waals surface area contributed by atoms with Crippen molar-refractivity contribution < 1.29 is 39.8 Å². The molecule has 0 amide bonds. The second-order valence-electron chi connectivity index (χ2n) is 14.3. The highest BCUT2D eigenvalue weighted by atomic mass is 32.8. The van der Waals surface area contributed by atoms with E-state index in [4.69, 9.17) is 51.0 Å². The van der Waals surface area contributed by atoms with Gasteiger partial charge in [0.05, 0.1) is 0 Å². The van der Waals surface area contributed by atoms with Crippen LogP contribution in [0.3, 0.4) is 0 Å². The van der Waals surface area contributed by atoms with Crippen molar-refractivity contribution >= 4 is 58.8 Å². The van der Waals surface area contributed by atoms with Gasteiger partial charge in [-0.2, -0.15) is 11.8 Å². The smallest absolute Gasteiger partial charge is 0.374 e. The van der Waals surface area contributed by atoms with E-state index in [-0.39, 0.29) is 9.45 Å². The molecule has 1 saturated carbocycles. The summed E-state index contributed by atoms with van der Waals surface area (Å²) in [6.45, 7) is 24.1. The molecular formula is C40H86O9S3Si3. The van der Waals surface area contributed by atoms with E-state index >= 15 is 0 Å². The van der Waals surface area contributed by atoms with Crippen LogP contribution in [0.1, 0.15) is 139 Å². The zero-order chi connectivity index (χ0) is 40.7. The Kier molecular flexibility index (Phi) is 33.4. The fourth-order valence-electron chi connectivity index (χ4n) is 8.10. The molecule has 0 bridgehead atoms. The zero-order valence-corrected chi connectivity index (χ0v) is 42.4. The standard InChI is InChI=1S/C40H86O9S3Si3/c1-10-41-53(42-11-2,43-12-3)34-22-20-19-21-25-39-27-26-38(28-31-51-30-23-35-54(44-13-4,45-14-5)46-15-6)37-40(39)29-33-52(50)32-24-36-55(47-16-7,48-17-8)49-18-9/h38-40H,10-37H2,1-9H3. The van der Waals surface area contributed by atoms with Crippen molar-refractivity contribution in [2.45, 2.75) is 157 Å². The summed E-state index contributed by atoms with van der Waals surface area (Å²) < 4.78 is 54.9. The summed E-state index contributed by atoms with van der Waals surface area (Å²) in [6, 6.07) is 2.70. The lowest BCUT2D eigenvalue weighted by atomic mass is 9.70. The van der Waals surface area contributed by atoms with Crippen LogP contribution in [0, 0.1) is 17.8 Å². The molecule has 0 aromatic heterocycles. The number of thioether (sulfide) groups is 1. The van der Waals surface area contributed by atoms with Crippen LogP contribution in [0.2, 0.25) is 18.1 Å². The molecule has 0 aromatic rings. The van der Waals surface area contributed by atoms with Gasteiger partial charge in [-0.3, -0.25) is 0 Å². The van der Waals surface area contributed by atoms with Gasteiger partial charge in [-0.25, -0.2) is 0 Å². The Morgan fingerprint density at radius 2 is 0.891 bits per heavy atom. The average molecular weight is 892 g/mol. The van der Waals surface area contributed by atoms with Crippen LogP contribution in [0.5, 0.6) is 0 Å². The predicted molar refractivity (Wildman–Crippen MR) is 244 cm³/mol. The number of hydrogen-bond acceptors (Lipinski definition) is 11. The molecule has 15 heteroatoms. The van der Waals surface area contributed by atoms with Crippen LogP contribution in [0.4, 0.5) is 0 Å². The maximum absolute atomic E-state index is 6.13. The normalized spacial score (nSPS) is 19.0. The fourth-order valence-corrected chi connectivity index (χ4v) is 19.5. The van der Waals surface area contributed by atoms with Gasteiger partial charge in [-0.15, -0.1) is 9.45 Å². The Morgan fingerprint density at radius 3 is 1.36 bits per heavy atom. The quantitative estimate of drug-likeness (QED) is 0.0437. The molecule has 4 unspecified atom stereocenters. The lowest BCUT2D eigenvalue weighted by molar-refractivity contribution is 0.0700. The Balaban J connectivity index is 2.74. The maximum atomic E-state index is 6.13. The van der Waals surface area contributed by atoms with Crippen molar-refractivity contribution in [3.63, 3.8) is 0 Å². The van der Waals surface area contributed by atoms with E-state index in [2.05, 4.69) is 11.8 Å². The third kappa shape index (κ3) is 23.1. The van der Waals surface area contributed by atoms with Crippen LogP contribution < -0.4 is 0 Å². The molecule has 1 aliphatic carbocycles. The van der Waals surface area contributed by atoms with Gasteiger partial charge in [-0.1, -0.05) is 43.3 Å². The van der Waals surface area contributed by atoms with Gasteiger partial charge in [0.15, 0.2) is 0 Å². The molecule has 0 radical (unpaired) electrons. The first-order chi connectivity index (χ1) is 26.7. The molecule has 0 heterocycles. The van der Waals surface area contributed by atoms with E-state index in [1.807, 2.05) is 62.3 Å². The molecule has 330 valence electrons. The van der Waals surface area contributed by atoms with E-state index < -0.39 is 26.4 Å². The van der Waals surface area contributed by atoms with Crippen molar-refractivity contribution in [3.8, 4) is 0 Å². The first-order valence-electron chi connectivity index (χ1n) is 22.4. The molecule has 0 N–H and O–H groups in total. The molecule has 9 nitrogen and oxygen atoms in total. The molecule has 1 rings (SSSR count). The summed E-state index contributed by atoms with van der Waals surface area (Å²) in [5.41, 5.74) is 0. The molecule has 0 aromatic carbocycles. The minimum absolute atomic E-state index is 0.0147. The first-order valence-corrected chi connectivity index (χ1v) is 31.8. The first kappa shape index (κ1) is 54.2. The Morgan fingerprint density at radius 1 is 0.455 bits per heavy atom. The number of unbranched alkanes of at least 4 members (excludes halogenated alkanes) is 3. The van der Waals surface area contributed by atoms with Gasteiger partial charge in [0.25, 0.3) is 0 Å². The minimum Gasteiger partial charge on any atom is -0.374 e. The van der Waals surface area contributed by atoms with E-state index in [1.54, 1.807) is 0 Å². The van der Waals surface area contributed by atoms with Crippen LogP contribution in [0.15, 0.2) is 0 Å². The molecule has 0 saturated heterocycles. The highest BCUT2D eigenvalue weighted by molar-refractivity contribution is 8.28. The lowest BCUT2D eigenvalue weighted by Crippen LogP contribution is -2.46. The molecule has 0 aliphatic heterocycles. The van der Waals surface area contributed by atoms with Gasteiger partial charge in [0, 0.05) is 77.6 Å². The highest BCUT2D eigenvalue weighted by Gasteiger charge is 2.41. The molecule has 1 aliphatic rings. The van der Waals surface area contributed by atoms with Gasteiger partial charge < -0.3 is 39.8 Å². The predicted octanol–water partition coefficient (Wildman–Crippen LogP) is 10.5. The van der Waals surface area contributed by atoms with Crippen LogP contribution >= 0.6 is 11.8 Å². The van der Waals surface area contributed by atoms with Crippen LogP contribution in [-0.4, -0.2) is 109 Å². The molecule has 4 atom stereocenters. The van der Waals surface area contributed by atoms with Gasteiger partial charge >= 0.3 is 26.4 Å². The molecule has 55 heavy (non-hydrogen) atoms. The molecule has 0 spiro atoms. The van der Waals surface area contributed by atoms with Gasteiger partial charge in [0.1, 0.15) is 0 Å². The lowest BCUT2D eigenvalue weighted by Gasteiger charge is -2.37. The largest absolute Gasteiger partial charge is 0.500 e. The summed E-state index contributed by atoms with van der Waals surface area (Å²) >= 11 is 8.23. The second-order valence-corrected chi connectivity index (χ2v) is 26.9. The summed E-state index contributed by atoms with van der Waals surface area (Å²) in [4.78, 5) is 0. The Hall–Kier alpha value is 1.21. The van der Waals surface area contributed by atoms with Gasteiger partial charge in [-0.05, 0) is 148 Å². The average Bonchev–Trinajstić information content (AvgIpc) is 3.15. The second kappa shape index (κ2) is 33.9. The monoisotopic (exact) mass is 890 g/mol. The summed E-state index contributed by atoms with van der Waals surface area (Å²) in [6.07, 6.45) is 15.1. The number of hydrogen-bond donors (Lipinski definition) is 0. The maximum Gasteiger partial charge on any atom is 0.500 e. The van der Waals surface area contributed by atoms with Crippen molar-refractivity contribution in [2.75, 3.05) is 82.5 Å². The van der Waals surface area contributed by atoms with E-state index in [0.717, 1.165) is 72.4 Å². The summed E-state index contributed by atoms with van der Waals surface area (Å²) in [5, 5.41) is 0. The van der Waals surface area contributed by atoms with Gasteiger partial charge in [0.2, 0.25) is 0 Å². The SMILES string of the molecule is CCO[Si](CCCCCCC1CCC(CCSCCC[Si](OCC)(OCC)OCC)CC1CCS(=S)CCC[Si](OCC)(OCC)OCC)(OCC)OCC. The summed E-state index contributed by atoms with van der Waals surface area (Å²) in [7, 11) is -7.71. The topological polar surface area (TPSA) is 83.1 Å². The zero-order valence-electron chi connectivity index (χ0n) is 36.9. The number of rotatable bonds is 39. The molecule has 1 fully saturated rings. The molecular weight excluding hydrogens is 805 g/mol. The van der Waals surface area contributed by atoms with E-state index in [0.29, 0.717) is 59.5 Å². The Labute approximate surface area is 354 Å². The third-order valence-corrected chi connectivity index (χ3v) is 23.3. The Bertz CT molecular complexity index is 879. The van der Waals surface area contributed by atoms with E-state index in [9.17, 15) is 0 Å². The fraction of sp³-hybridized carbons (Fsp3) is 1.00.